The van der Waals surface area contributed by atoms with Gasteiger partial charge in [0, 0.05) is 11.9 Å². The zero-order chi connectivity index (χ0) is 17.0. The first kappa shape index (κ1) is 16.8. The van der Waals surface area contributed by atoms with Crippen LogP contribution in [0, 0.1) is 0 Å². The SMILES string of the molecule is CS(=O)(=O)Cc1cc(N)ccc1COc1ccccc1C(=O)O. The van der Waals surface area contributed by atoms with Crippen molar-refractivity contribution in [3.63, 3.8) is 0 Å². The number of anilines is 1. The molecule has 2 aromatic rings. The van der Waals surface area contributed by atoms with E-state index in [0.717, 1.165) is 6.26 Å². The molecule has 0 radical (unpaired) electrons. The second-order valence-electron chi connectivity index (χ2n) is 5.19. The number of hydrogen-bond acceptors (Lipinski definition) is 5. The third-order valence-electron chi connectivity index (χ3n) is 3.15. The maximum Gasteiger partial charge on any atom is 0.339 e. The monoisotopic (exact) mass is 335 g/mol. The minimum Gasteiger partial charge on any atom is -0.488 e. The first-order valence-electron chi connectivity index (χ1n) is 6.76. The highest BCUT2D eigenvalue weighted by Gasteiger charge is 2.13. The molecule has 2 aromatic carbocycles. The molecule has 0 aromatic heterocycles. The topological polar surface area (TPSA) is 107 Å². The fraction of sp³-hybridized carbons (Fsp3) is 0.188. The molecule has 7 heteroatoms. The van der Waals surface area contributed by atoms with Crippen molar-refractivity contribution in [2.45, 2.75) is 12.4 Å². The summed E-state index contributed by atoms with van der Waals surface area (Å²) in [6.07, 6.45) is 1.14. The fourth-order valence-corrected chi connectivity index (χ4v) is 2.96. The van der Waals surface area contributed by atoms with E-state index in [-0.39, 0.29) is 23.7 Å². The van der Waals surface area contributed by atoms with Gasteiger partial charge in [0.1, 0.15) is 17.9 Å². The predicted octanol–water partition coefficient (Wildman–Crippen LogP) is 2.09. The van der Waals surface area contributed by atoms with E-state index >= 15 is 0 Å². The molecule has 0 saturated carbocycles. The van der Waals surface area contributed by atoms with Crippen LogP contribution in [0.1, 0.15) is 21.5 Å². The van der Waals surface area contributed by atoms with Gasteiger partial charge in [-0.25, -0.2) is 13.2 Å². The lowest BCUT2D eigenvalue weighted by atomic mass is 10.1. The molecule has 0 amide bonds. The van der Waals surface area contributed by atoms with Crippen LogP contribution in [-0.4, -0.2) is 25.7 Å². The fourth-order valence-electron chi connectivity index (χ4n) is 2.13. The number of benzene rings is 2. The number of carboxylic acids is 1. The third kappa shape index (κ3) is 4.72. The Hall–Kier alpha value is -2.54. The summed E-state index contributed by atoms with van der Waals surface area (Å²) in [6.45, 7) is 0.0510. The molecule has 0 aliphatic heterocycles. The van der Waals surface area contributed by atoms with Gasteiger partial charge in [-0.3, -0.25) is 0 Å². The Morgan fingerprint density at radius 2 is 1.87 bits per heavy atom. The van der Waals surface area contributed by atoms with E-state index in [1.165, 1.54) is 6.07 Å². The van der Waals surface area contributed by atoms with Crippen LogP contribution in [0.5, 0.6) is 5.75 Å². The van der Waals surface area contributed by atoms with Crippen molar-refractivity contribution in [2.24, 2.45) is 0 Å². The highest BCUT2D eigenvalue weighted by Crippen LogP contribution is 2.22. The average Bonchev–Trinajstić information content (AvgIpc) is 2.45. The molecule has 0 aliphatic carbocycles. The van der Waals surface area contributed by atoms with E-state index in [1.807, 2.05) is 0 Å². The number of carbonyl (C=O) groups is 1. The minimum atomic E-state index is -3.23. The van der Waals surface area contributed by atoms with Gasteiger partial charge < -0.3 is 15.6 Å². The number of aromatic carboxylic acids is 1. The van der Waals surface area contributed by atoms with Crippen LogP contribution in [0.15, 0.2) is 42.5 Å². The number of rotatable bonds is 6. The summed E-state index contributed by atoms with van der Waals surface area (Å²) < 4.78 is 28.6. The lowest BCUT2D eigenvalue weighted by Gasteiger charge is -2.13. The van der Waals surface area contributed by atoms with Crippen molar-refractivity contribution in [1.29, 1.82) is 0 Å². The summed E-state index contributed by atoms with van der Waals surface area (Å²) in [5, 5.41) is 9.13. The first-order chi connectivity index (χ1) is 10.8. The van der Waals surface area contributed by atoms with Crippen LogP contribution < -0.4 is 10.5 Å². The van der Waals surface area contributed by atoms with Crippen LogP contribution in [-0.2, 0) is 22.2 Å². The van der Waals surface area contributed by atoms with Gasteiger partial charge in [-0.2, -0.15) is 0 Å². The zero-order valence-electron chi connectivity index (χ0n) is 12.5. The summed E-state index contributed by atoms with van der Waals surface area (Å²) in [7, 11) is -3.23. The largest absolute Gasteiger partial charge is 0.488 e. The van der Waals surface area contributed by atoms with Crippen molar-refractivity contribution < 1.29 is 23.1 Å². The molecule has 0 saturated heterocycles. The third-order valence-corrected chi connectivity index (χ3v) is 3.98. The average molecular weight is 335 g/mol. The summed E-state index contributed by atoms with van der Waals surface area (Å²) in [5.41, 5.74) is 7.39. The van der Waals surface area contributed by atoms with E-state index < -0.39 is 15.8 Å². The lowest BCUT2D eigenvalue weighted by Crippen LogP contribution is -2.08. The molecule has 0 aliphatic rings. The Labute approximate surface area is 134 Å². The molecule has 0 atom stereocenters. The Kier molecular flexibility index (Phi) is 4.90. The summed E-state index contributed by atoms with van der Waals surface area (Å²) in [6, 6.07) is 11.2. The highest BCUT2D eigenvalue weighted by atomic mass is 32.2. The number of ether oxygens (including phenoxy) is 1. The summed E-state index contributed by atoms with van der Waals surface area (Å²) >= 11 is 0. The number of para-hydroxylation sites is 1. The lowest BCUT2D eigenvalue weighted by molar-refractivity contribution is 0.0691. The summed E-state index contributed by atoms with van der Waals surface area (Å²) in [4.78, 5) is 11.2. The van der Waals surface area contributed by atoms with E-state index in [4.69, 9.17) is 15.6 Å². The van der Waals surface area contributed by atoms with E-state index in [9.17, 15) is 13.2 Å². The van der Waals surface area contributed by atoms with Crippen LogP contribution in [0.3, 0.4) is 0 Å². The molecule has 0 spiro atoms. The van der Waals surface area contributed by atoms with Crippen molar-refractivity contribution in [3.8, 4) is 5.75 Å². The van der Waals surface area contributed by atoms with Gasteiger partial charge in [-0.05, 0) is 35.4 Å². The Balaban J connectivity index is 2.26. The first-order valence-corrected chi connectivity index (χ1v) is 8.82. The number of nitrogens with two attached hydrogens (primary N) is 1. The normalized spacial score (nSPS) is 11.2. The van der Waals surface area contributed by atoms with E-state index in [0.29, 0.717) is 16.8 Å². The second kappa shape index (κ2) is 6.70. The number of nitrogen functional groups attached to an aromatic ring is 1. The molecule has 0 heterocycles. The van der Waals surface area contributed by atoms with Crippen LogP contribution in [0.2, 0.25) is 0 Å². The van der Waals surface area contributed by atoms with Gasteiger partial charge in [-0.1, -0.05) is 18.2 Å². The van der Waals surface area contributed by atoms with E-state index in [1.54, 1.807) is 36.4 Å². The quantitative estimate of drug-likeness (QED) is 0.783. The van der Waals surface area contributed by atoms with Gasteiger partial charge in [0.05, 0.1) is 5.75 Å². The molecule has 0 unspecified atom stereocenters. The number of hydrogen-bond donors (Lipinski definition) is 2. The molecule has 23 heavy (non-hydrogen) atoms. The standard InChI is InChI=1S/C16H17NO5S/c1-23(20,21)10-12-8-13(17)7-6-11(12)9-22-15-5-3-2-4-14(15)16(18)19/h2-8H,9-10,17H2,1H3,(H,18,19). The molecule has 3 N–H and O–H groups in total. The molecule has 6 nitrogen and oxygen atoms in total. The minimum absolute atomic E-state index is 0.0487. The maximum atomic E-state index is 11.5. The van der Waals surface area contributed by atoms with Crippen LogP contribution >= 0.6 is 0 Å². The van der Waals surface area contributed by atoms with Crippen molar-refractivity contribution in [3.05, 3.63) is 59.2 Å². The van der Waals surface area contributed by atoms with E-state index in [2.05, 4.69) is 0 Å². The molecular formula is C16H17NO5S. The van der Waals surface area contributed by atoms with Crippen LogP contribution in [0.4, 0.5) is 5.69 Å². The van der Waals surface area contributed by atoms with Gasteiger partial charge in [0.2, 0.25) is 0 Å². The second-order valence-corrected chi connectivity index (χ2v) is 7.33. The van der Waals surface area contributed by atoms with Gasteiger partial charge in [0.25, 0.3) is 0 Å². The Bertz CT molecular complexity index is 830. The molecule has 0 fully saturated rings. The van der Waals surface area contributed by atoms with Gasteiger partial charge >= 0.3 is 5.97 Å². The van der Waals surface area contributed by atoms with Crippen LogP contribution in [0.25, 0.3) is 0 Å². The maximum absolute atomic E-state index is 11.5. The predicted molar refractivity (Wildman–Crippen MR) is 87.1 cm³/mol. The summed E-state index contributed by atoms with van der Waals surface area (Å²) in [5.74, 6) is -1.02. The van der Waals surface area contributed by atoms with Gasteiger partial charge in [-0.15, -0.1) is 0 Å². The smallest absolute Gasteiger partial charge is 0.339 e. The molecular weight excluding hydrogens is 318 g/mol. The van der Waals surface area contributed by atoms with Crippen molar-refractivity contribution >= 4 is 21.5 Å². The van der Waals surface area contributed by atoms with Crippen molar-refractivity contribution in [2.75, 3.05) is 12.0 Å². The van der Waals surface area contributed by atoms with Crippen molar-refractivity contribution in [1.82, 2.24) is 0 Å². The number of carboxylic acid groups (broad SMARTS) is 1. The zero-order valence-corrected chi connectivity index (χ0v) is 13.3. The molecule has 122 valence electrons. The Morgan fingerprint density at radius 1 is 1.17 bits per heavy atom. The molecule has 2 rings (SSSR count). The Morgan fingerprint density at radius 3 is 2.52 bits per heavy atom. The number of sulfone groups is 1. The molecule has 0 bridgehead atoms. The van der Waals surface area contributed by atoms with Gasteiger partial charge in [0.15, 0.2) is 9.84 Å². The highest BCUT2D eigenvalue weighted by molar-refractivity contribution is 7.89.